The molecule has 1 fully saturated rings. The molecule has 3 rings (SSSR count). The van der Waals surface area contributed by atoms with E-state index < -0.39 is 23.0 Å². The normalized spacial score (nSPS) is 15.7. The summed E-state index contributed by atoms with van der Waals surface area (Å²) in [4.78, 5) is 12.3. The highest BCUT2D eigenvalue weighted by atomic mass is 19.1. The number of nitrogens with one attached hydrogen (secondary N) is 1. The first-order valence-corrected chi connectivity index (χ1v) is 7.77. The quantitative estimate of drug-likeness (QED) is 0.914. The van der Waals surface area contributed by atoms with Crippen LogP contribution in [0.4, 0.5) is 8.78 Å². The number of aryl methyl sites for hydroxylation is 1. The smallest absolute Gasteiger partial charge is 0.271 e. The van der Waals surface area contributed by atoms with Crippen LogP contribution in [0.15, 0.2) is 24.3 Å². The standard InChI is InChI=1S/C17H19F2N3O2/c1-22-14(24-2)9-13(21-22)16(23)20-10-17(7-4-8-17)15-11(18)5-3-6-12(15)19/h3,5-6,9H,4,7-8,10H2,1-2H3,(H,20,23). The fraction of sp³-hybridized carbons (Fsp3) is 0.412. The summed E-state index contributed by atoms with van der Waals surface area (Å²) in [5.74, 6) is -1.07. The van der Waals surface area contributed by atoms with Crippen LogP contribution in [0.2, 0.25) is 0 Å². The molecule has 1 aromatic heterocycles. The van der Waals surface area contributed by atoms with Crippen LogP contribution >= 0.6 is 0 Å². The maximum Gasteiger partial charge on any atom is 0.271 e. The molecule has 0 radical (unpaired) electrons. The van der Waals surface area contributed by atoms with Crippen molar-refractivity contribution in [3.8, 4) is 5.88 Å². The number of benzene rings is 1. The molecule has 1 saturated carbocycles. The Morgan fingerprint density at radius 1 is 1.38 bits per heavy atom. The lowest BCUT2D eigenvalue weighted by atomic mass is 9.64. The van der Waals surface area contributed by atoms with Crippen LogP contribution in [0.25, 0.3) is 0 Å². The molecular weight excluding hydrogens is 316 g/mol. The van der Waals surface area contributed by atoms with E-state index in [9.17, 15) is 13.6 Å². The molecule has 0 spiro atoms. The lowest BCUT2D eigenvalue weighted by Gasteiger charge is -2.42. The van der Waals surface area contributed by atoms with Crippen molar-refractivity contribution in [1.82, 2.24) is 15.1 Å². The zero-order chi connectivity index (χ0) is 17.3. The van der Waals surface area contributed by atoms with Crippen molar-refractivity contribution >= 4 is 5.91 Å². The van der Waals surface area contributed by atoms with E-state index in [-0.39, 0.29) is 17.8 Å². The Balaban J connectivity index is 1.77. The van der Waals surface area contributed by atoms with Crippen molar-refractivity contribution in [2.75, 3.05) is 13.7 Å². The van der Waals surface area contributed by atoms with Gasteiger partial charge in [0.2, 0.25) is 5.88 Å². The summed E-state index contributed by atoms with van der Waals surface area (Å²) in [5, 5.41) is 6.82. The number of rotatable bonds is 5. The van der Waals surface area contributed by atoms with E-state index in [0.717, 1.165) is 6.42 Å². The van der Waals surface area contributed by atoms with Crippen molar-refractivity contribution in [3.05, 3.63) is 47.2 Å². The molecular formula is C17H19F2N3O2. The van der Waals surface area contributed by atoms with Crippen LogP contribution in [0.3, 0.4) is 0 Å². The van der Waals surface area contributed by atoms with Crippen molar-refractivity contribution in [1.29, 1.82) is 0 Å². The molecule has 1 N–H and O–H groups in total. The largest absolute Gasteiger partial charge is 0.481 e. The predicted molar refractivity (Wildman–Crippen MR) is 84.0 cm³/mol. The second-order valence-corrected chi connectivity index (χ2v) is 6.11. The third kappa shape index (κ3) is 2.74. The molecule has 0 aliphatic heterocycles. The molecule has 24 heavy (non-hydrogen) atoms. The zero-order valence-electron chi connectivity index (χ0n) is 13.6. The Kier molecular flexibility index (Phi) is 4.26. The first-order valence-electron chi connectivity index (χ1n) is 7.77. The highest BCUT2D eigenvalue weighted by molar-refractivity contribution is 5.92. The van der Waals surface area contributed by atoms with Gasteiger partial charge in [-0.1, -0.05) is 12.5 Å². The zero-order valence-corrected chi connectivity index (χ0v) is 13.6. The van der Waals surface area contributed by atoms with Gasteiger partial charge in [0, 0.05) is 30.6 Å². The number of hydrogen-bond acceptors (Lipinski definition) is 3. The van der Waals surface area contributed by atoms with E-state index in [0.29, 0.717) is 18.7 Å². The van der Waals surface area contributed by atoms with Crippen molar-refractivity contribution in [3.63, 3.8) is 0 Å². The van der Waals surface area contributed by atoms with Crippen LogP contribution in [0.5, 0.6) is 5.88 Å². The highest BCUT2D eigenvalue weighted by Gasteiger charge is 2.42. The number of ether oxygens (including phenoxy) is 1. The molecule has 0 unspecified atom stereocenters. The Bertz CT molecular complexity index is 749. The third-order valence-corrected chi connectivity index (χ3v) is 4.67. The summed E-state index contributed by atoms with van der Waals surface area (Å²) in [6, 6.07) is 5.37. The second kappa shape index (κ2) is 6.22. The summed E-state index contributed by atoms with van der Waals surface area (Å²) in [6.07, 6.45) is 2.15. The first-order chi connectivity index (χ1) is 11.5. The lowest BCUT2D eigenvalue weighted by molar-refractivity contribution is 0.0919. The molecule has 1 heterocycles. The fourth-order valence-corrected chi connectivity index (χ4v) is 3.22. The Morgan fingerprint density at radius 3 is 2.54 bits per heavy atom. The van der Waals surface area contributed by atoms with Crippen molar-refractivity contribution in [2.24, 2.45) is 7.05 Å². The van der Waals surface area contributed by atoms with Gasteiger partial charge in [-0.3, -0.25) is 4.79 Å². The lowest BCUT2D eigenvalue weighted by Crippen LogP contribution is -2.46. The van der Waals surface area contributed by atoms with Gasteiger partial charge in [-0.2, -0.15) is 5.10 Å². The number of halogens is 2. The molecule has 1 aliphatic carbocycles. The van der Waals surface area contributed by atoms with Crippen LogP contribution in [0.1, 0.15) is 35.3 Å². The Hall–Kier alpha value is -2.44. The SMILES string of the molecule is COc1cc(C(=O)NCC2(c3c(F)cccc3F)CCC2)nn1C. The van der Waals surface area contributed by atoms with E-state index in [1.54, 1.807) is 7.05 Å². The molecule has 1 aromatic carbocycles. The molecule has 7 heteroatoms. The minimum atomic E-state index is -0.691. The van der Waals surface area contributed by atoms with E-state index in [1.807, 2.05) is 0 Å². The monoisotopic (exact) mass is 335 g/mol. The molecule has 5 nitrogen and oxygen atoms in total. The van der Waals surface area contributed by atoms with E-state index in [2.05, 4.69) is 10.4 Å². The number of hydrogen-bond donors (Lipinski definition) is 1. The van der Waals surface area contributed by atoms with Crippen LogP contribution in [-0.2, 0) is 12.5 Å². The van der Waals surface area contributed by atoms with Crippen molar-refractivity contribution < 1.29 is 18.3 Å². The number of amides is 1. The molecule has 1 amide bonds. The molecule has 128 valence electrons. The minimum Gasteiger partial charge on any atom is -0.481 e. The second-order valence-electron chi connectivity index (χ2n) is 6.11. The van der Waals surface area contributed by atoms with Gasteiger partial charge in [0.05, 0.1) is 7.11 Å². The van der Waals surface area contributed by atoms with Crippen molar-refractivity contribution in [2.45, 2.75) is 24.7 Å². The van der Waals surface area contributed by atoms with Gasteiger partial charge < -0.3 is 10.1 Å². The average molecular weight is 335 g/mol. The minimum absolute atomic E-state index is 0.0650. The molecule has 0 atom stereocenters. The Labute approximate surface area is 138 Å². The first kappa shape index (κ1) is 16.4. The van der Waals surface area contributed by atoms with E-state index in [1.165, 1.54) is 36.1 Å². The van der Waals surface area contributed by atoms with Crippen LogP contribution < -0.4 is 10.1 Å². The number of carbonyl (C=O) groups is 1. The summed E-state index contributed by atoms with van der Waals surface area (Å²) >= 11 is 0. The van der Waals surface area contributed by atoms with Gasteiger partial charge in [-0.15, -0.1) is 0 Å². The summed E-state index contributed by atoms with van der Waals surface area (Å²) < 4.78 is 34.8. The maximum atomic E-state index is 14.1. The topological polar surface area (TPSA) is 56.1 Å². The third-order valence-electron chi connectivity index (χ3n) is 4.67. The maximum absolute atomic E-state index is 14.1. The average Bonchev–Trinajstić information content (AvgIpc) is 2.89. The fourth-order valence-electron chi connectivity index (χ4n) is 3.22. The highest BCUT2D eigenvalue weighted by Crippen LogP contribution is 2.45. The predicted octanol–water partition coefficient (Wildman–Crippen LogP) is 2.56. The van der Waals surface area contributed by atoms with Gasteiger partial charge >= 0.3 is 0 Å². The number of aromatic nitrogens is 2. The number of carbonyl (C=O) groups excluding carboxylic acids is 1. The summed E-state index contributed by atoms with van der Waals surface area (Å²) in [6.45, 7) is 0.169. The number of nitrogens with zero attached hydrogens (tertiary/aromatic N) is 2. The van der Waals surface area contributed by atoms with Gasteiger partial charge in [-0.25, -0.2) is 13.5 Å². The molecule has 2 aromatic rings. The summed E-state index contributed by atoms with van der Waals surface area (Å²) in [7, 11) is 3.15. The molecule has 1 aliphatic rings. The molecule has 0 saturated heterocycles. The van der Waals surface area contributed by atoms with Crippen LogP contribution in [0, 0.1) is 11.6 Å². The molecule has 0 bridgehead atoms. The van der Waals surface area contributed by atoms with E-state index in [4.69, 9.17) is 4.74 Å². The van der Waals surface area contributed by atoms with Gasteiger partial charge in [0.25, 0.3) is 5.91 Å². The number of methoxy groups -OCH3 is 1. The van der Waals surface area contributed by atoms with Gasteiger partial charge in [-0.05, 0) is 25.0 Å². The van der Waals surface area contributed by atoms with Gasteiger partial charge in [0.1, 0.15) is 11.6 Å². The Morgan fingerprint density at radius 2 is 2.04 bits per heavy atom. The summed E-state index contributed by atoms with van der Waals surface area (Å²) in [5.41, 5.74) is -0.419. The van der Waals surface area contributed by atoms with E-state index >= 15 is 0 Å². The van der Waals surface area contributed by atoms with Crippen LogP contribution in [-0.4, -0.2) is 29.3 Å². The van der Waals surface area contributed by atoms with Gasteiger partial charge in [0.15, 0.2) is 5.69 Å².